The highest BCUT2D eigenvalue weighted by Crippen LogP contribution is 2.19. The molecule has 0 saturated carbocycles. The van der Waals surface area contributed by atoms with E-state index >= 15 is 0 Å². The van der Waals surface area contributed by atoms with Gasteiger partial charge in [-0.2, -0.15) is 0 Å². The summed E-state index contributed by atoms with van der Waals surface area (Å²) in [6.45, 7) is 4.20. The van der Waals surface area contributed by atoms with Crippen LogP contribution in [0.3, 0.4) is 0 Å². The van der Waals surface area contributed by atoms with E-state index < -0.39 is 0 Å². The number of aromatic amines is 1. The summed E-state index contributed by atoms with van der Waals surface area (Å²) in [6.07, 6.45) is 5.16. The maximum absolute atomic E-state index is 13.4. The van der Waals surface area contributed by atoms with Gasteiger partial charge in [-0.1, -0.05) is 0 Å². The predicted octanol–water partition coefficient (Wildman–Crippen LogP) is 3.24. The molecule has 0 fully saturated rings. The summed E-state index contributed by atoms with van der Waals surface area (Å²) in [4.78, 5) is 7.73. The molecule has 0 aliphatic carbocycles. The maximum atomic E-state index is 13.4. The monoisotopic (exact) mass is 342 g/mol. The summed E-state index contributed by atoms with van der Waals surface area (Å²) in [6, 6.07) is 8.64. The first-order valence-corrected chi connectivity index (χ1v) is 8.56. The van der Waals surface area contributed by atoms with Crippen molar-refractivity contribution in [2.45, 2.75) is 19.8 Å². The number of hydrogen-bond donors (Lipinski definition) is 3. The zero-order valence-corrected chi connectivity index (χ0v) is 14.3. The zero-order valence-electron chi connectivity index (χ0n) is 14.3. The Kier molecular flexibility index (Phi) is 5.72. The van der Waals surface area contributed by atoms with Gasteiger partial charge in [0.05, 0.1) is 6.26 Å². The highest BCUT2D eigenvalue weighted by Gasteiger charge is 2.05. The average molecular weight is 342 g/mol. The van der Waals surface area contributed by atoms with Gasteiger partial charge in [-0.3, -0.25) is 4.99 Å². The van der Waals surface area contributed by atoms with Crippen LogP contribution in [0.15, 0.2) is 52.2 Å². The number of aliphatic imine (C=N–C) groups is 1. The van der Waals surface area contributed by atoms with Gasteiger partial charge < -0.3 is 20.0 Å². The SMILES string of the molecule is CCNC(=NCCc1ccco1)NCCc1c[nH]c2ccc(F)cc12. The van der Waals surface area contributed by atoms with Crippen molar-refractivity contribution in [3.05, 3.63) is 59.9 Å². The third-order valence-electron chi connectivity index (χ3n) is 3.97. The number of hydrogen-bond acceptors (Lipinski definition) is 2. The van der Waals surface area contributed by atoms with E-state index in [1.54, 1.807) is 18.4 Å². The first-order valence-electron chi connectivity index (χ1n) is 8.56. The molecule has 132 valence electrons. The van der Waals surface area contributed by atoms with Crippen LogP contribution >= 0.6 is 0 Å². The fourth-order valence-electron chi connectivity index (χ4n) is 2.75. The lowest BCUT2D eigenvalue weighted by Crippen LogP contribution is -2.38. The number of halogens is 1. The summed E-state index contributed by atoms with van der Waals surface area (Å²) >= 11 is 0. The predicted molar refractivity (Wildman–Crippen MR) is 98.4 cm³/mol. The van der Waals surface area contributed by atoms with E-state index in [2.05, 4.69) is 20.6 Å². The van der Waals surface area contributed by atoms with Gasteiger partial charge in [0.2, 0.25) is 0 Å². The highest BCUT2D eigenvalue weighted by atomic mass is 19.1. The minimum Gasteiger partial charge on any atom is -0.469 e. The molecule has 3 rings (SSSR count). The van der Waals surface area contributed by atoms with Gasteiger partial charge in [0.25, 0.3) is 0 Å². The van der Waals surface area contributed by atoms with Crippen molar-refractivity contribution in [1.82, 2.24) is 15.6 Å². The van der Waals surface area contributed by atoms with Crippen LogP contribution in [0.25, 0.3) is 10.9 Å². The minimum atomic E-state index is -0.214. The van der Waals surface area contributed by atoms with Crippen molar-refractivity contribution in [3.63, 3.8) is 0 Å². The second-order valence-corrected chi connectivity index (χ2v) is 5.77. The molecule has 6 heteroatoms. The number of rotatable bonds is 7. The third kappa shape index (κ3) is 4.62. The molecule has 0 aliphatic heterocycles. The molecule has 0 spiro atoms. The van der Waals surface area contributed by atoms with Crippen LogP contribution < -0.4 is 10.6 Å². The lowest BCUT2D eigenvalue weighted by Gasteiger charge is -2.11. The number of furan rings is 1. The number of H-pyrrole nitrogens is 1. The minimum absolute atomic E-state index is 0.214. The molecule has 0 unspecified atom stereocenters. The summed E-state index contributed by atoms with van der Waals surface area (Å²) < 4.78 is 18.7. The molecule has 5 nitrogen and oxygen atoms in total. The third-order valence-corrected chi connectivity index (χ3v) is 3.97. The molecule has 0 bridgehead atoms. The number of aromatic nitrogens is 1. The van der Waals surface area contributed by atoms with E-state index in [0.29, 0.717) is 6.54 Å². The molecule has 2 aromatic heterocycles. The van der Waals surface area contributed by atoms with E-state index in [9.17, 15) is 4.39 Å². The van der Waals surface area contributed by atoms with Crippen LogP contribution in [0, 0.1) is 5.82 Å². The van der Waals surface area contributed by atoms with Gasteiger partial charge in [0.15, 0.2) is 5.96 Å². The highest BCUT2D eigenvalue weighted by molar-refractivity contribution is 5.83. The number of fused-ring (bicyclic) bond motifs is 1. The van der Waals surface area contributed by atoms with Crippen LogP contribution in [-0.4, -0.2) is 30.6 Å². The number of guanidine groups is 1. The largest absolute Gasteiger partial charge is 0.469 e. The standard InChI is InChI=1S/C19H23FN4O/c1-2-21-19(23-10-8-16-4-3-11-25-16)22-9-7-14-13-24-18-6-5-15(20)12-17(14)18/h3-6,11-13,24H,2,7-10H2,1H3,(H2,21,22,23). The van der Waals surface area contributed by atoms with E-state index in [1.807, 2.05) is 25.3 Å². The second kappa shape index (κ2) is 8.37. The van der Waals surface area contributed by atoms with E-state index in [4.69, 9.17) is 4.42 Å². The summed E-state index contributed by atoms with van der Waals surface area (Å²) in [5, 5.41) is 7.48. The molecule has 0 amide bonds. The average Bonchev–Trinajstić information content (AvgIpc) is 3.25. The molecule has 1 aromatic carbocycles. The molecule has 2 heterocycles. The van der Waals surface area contributed by atoms with Crippen molar-refractivity contribution >= 4 is 16.9 Å². The molecule has 0 atom stereocenters. The van der Waals surface area contributed by atoms with E-state index in [0.717, 1.165) is 54.1 Å². The Morgan fingerprint density at radius 3 is 2.96 bits per heavy atom. The van der Waals surface area contributed by atoms with Crippen LogP contribution in [0.5, 0.6) is 0 Å². The number of nitrogens with zero attached hydrogens (tertiary/aromatic N) is 1. The van der Waals surface area contributed by atoms with Gasteiger partial charge in [-0.05, 0) is 49.2 Å². The fourth-order valence-corrected chi connectivity index (χ4v) is 2.75. The van der Waals surface area contributed by atoms with Crippen LogP contribution in [0.2, 0.25) is 0 Å². The van der Waals surface area contributed by atoms with Gasteiger partial charge in [0, 0.05) is 43.2 Å². The molecule has 0 aliphatic rings. The van der Waals surface area contributed by atoms with Gasteiger partial charge in [-0.25, -0.2) is 4.39 Å². The Morgan fingerprint density at radius 2 is 2.16 bits per heavy atom. The van der Waals surface area contributed by atoms with Crippen molar-refractivity contribution in [1.29, 1.82) is 0 Å². The Balaban J connectivity index is 1.54. The molecular weight excluding hydrogens is 319 g/mol. The fraction of sp³-hybridized carbons (Fsp3) is 0.316. The Morgan fingerprint density at radius 1 is 1.24 bits per heavy atom. The molecular formula is C19H23FN4O. The Hall–Kier alpha value is -2.76. The lowest BCUT2D eigenvalue weighted by molar-refractivity contribution is 0.510. The van der Waals surface area contributed by atoms with Gasteiger partial charge in [-0.15, -0.1) is 0 Å². The first-order chi connectivity index (χ1) is 12.3. The Bertz CT molecular complexity index is 823. The quantitative estimate of drug-likeness (QED) is 0.456. The number of nitrogens with one attached hydrogen (secondary N) is 3. The van der Waals surface area contributed by atoms with Crippen LogP contribution in [0.4, 0.5) is 4.39 Å². The second-order valence-electron chi connectivity index (χ2n) is 5.77. The lowest BCUT2D eigenvalue weighted by atomic mass is 10.1. The Labute approximate surface area is 146 Å². The normalized spacial score (nSPS) is 11.8. The summed E-state index contributed by atoms with van der Waals surface area (Å²) in [7, 11) is 0. The number of benzene rings is 1. The summed E-state index contributed by atoms with van der Waals surface area (Å²) in [5.41, 5.74) is 2.05. The topological polar surface area (TPSA) is 65.3 Å². The maximum Gasteiger partial charge on any atom is 0.191 e. The van der Waals surface area contributed by atoms with Crippen molar-refractivity contribution in [3.8, 4) is 0 Å². The van der Waals surface area contributed by atoms with Crippen molar-refractivity contribution in [2.75, 3.05) is 19.6 Å². The van der Waals surface area contributed by atoms with Crippen LogP contribution in [0.1, 0.15) is 18.2 Å². The zero-order chi connectivity index (χ0) is 17.5. The van der Waals surface area contributed by atoms with Gasteiger partial charge >= 0.3 is 0 Å². The molecule has 25 heavy (non-hydrogen) atoms. The van der Waals surface area contributed by atoms with E-state index in [1.165, 1.54) is 6.07 Å². The van der Waals surface area contributed by atoms with Crippen molar-refractivity contribution < 1.29 is 8.81 Å². The molecule has 0 radical (unpaired) electrons. The van der Waals surface area contributed by atoms with Gasteiger partial charge in [0.1, 0.15) is 11.6 Å². The van der Waals surface area contributed by atoms with E-state index in [-0.39, 0.29) is 5.82 Å². The molecule has 3 aromatic rings. The molecule has 3 N–H and O–H groups in total. The molecule has 0 saturated heterocycles. The van der Waals surface area contributed by atoms with Crippen LogP contribution in [-0.2, 0) is 12.8 Å². The summed E-state index contributed by atoms with van der Waals surface area (Å²) in [5.74, 6) is 1.50. The first kappa shape index (κ1) is 17.1. The van der Waals surface area contributed by atoms with Crippen molar-refractivity contribution in [2.24, 2.45) is 4.99 Å². The smallest absolute Gasteiger partial charge is 0.191 e.